The van der Waals surface area contributed by atoms with Crippen LogP contribution >= 0.6 is 15.9 Å². The van der Waals surface area contributed by atoms with E-state index in [1.54, 1.807) is 12.1 Å². The molecule has 1 aliphatic heterocycles. The van der Waals surface area contributed by atoms with Crippen LogP contribution in [0.15, 0.2) is 35.3 Å². The van der Waals surface area contributed by atoms with Crippen molar-refractivity contribution in [1.29, 1.82) is 0 Å². The molecule has 2 N–H and O–H groups in total. The molecule has 0 bridgehead atoms. The van der Waals surface area contributed by atoms with Crippen LogP contribution in [0, 0.1) is 0 Å². The van der Waals surface area contributed by atoms with Crippen LogP contribution in [0.4, 0.5) is 5.69 Å². The molecular weight excluding hydrogens is 306 g/mol. The van der Waals surface area contributed by atoms with Gasteiger partial charge in [-0.05, 0) is 34.1 Å². The van der Waals surface area contributed by atoms with Crippen molar-refractivity contribution in [3.8, 4) is 0 Å². The SMILES string of the molecule is C=CCN1CCN(C(=O)c2cc(N)ccc2Br)CC1. The zero-order chi connectivity index (χ0) is 13.8. The van der Waals surface area contributed by atoms with E-state index in [1.165, 1.54) is 0 Å². The minimum absolute atomic E-state index is 0.0393. The van der Waals surface area contributed by atoms with Crippen molar-refractivity contribution in [3.63, 3.8) is 0 Å². The molecule has 1 fully saturated rings. The minimum Gasteiger partial charge on any atom is -0.399 e. The summed E-state index contributed by atoms with van der Waals surface area (Å²) in [6.07, 6.45) is 1.89. The number of nitrogen functional groups attached to an aromatic ring is 1. The highest BCUT2D eigenvalue weighted by Crippen LogP contribution is 2.21. The number of nitrogens with zero attached hydrogens (tertiary/aromatic N) is 2. The summed E-state index contributed by atoms with van der Waals surface area (Å²) in [5, 5.41) is 0. The number of halogens is 1. The third kappa shape index (κ3) is 3.36. The average Bonchev–Trinajstić information content (AvgIpc) is 2.42. The lowest BCUT2D eigenvalue weighted by Gasteiger charge is -2.34. The largest absolute Gasteiger partial charge is 0.399 e. The molecule has 0 spiro atoms. The molecule has 0 aromatic heterocycles. The number of piperazine rings is 1. The molecular formula is C14H18BrN3O. The van der Waals surface area contributed by atoms with Gasteiger partial charge in [0.05, 0.1) is 5.56 Å². The summed E-state index contributed by atoms with van der Waals surface area (Å²) in [5.74, 6) is 0.0393. The Morgan fingerprint density at radius 1 is 1.37 bits per heavy atom. The Morgan fingerprint density at radius 3 is 2.68 bits per heavy atom. The summed E-state index contributed by atoms with van der Waals surface area (Å²) < 4.78 is 0.792. The van der Waals surface area contributed by atoms with Crippen molar-refractivity contribution in [2.24, 2.45) is 0 Å². The van der Waals surface area contributed by atoms with Crippen molar-refractivity contribution >= 4 is 27.5 Å². The monoisotopic (exact) mass is 323 g/mol. The molecule has 0 unspecified atom stereocenters. The number of rotatable bonds is 3. The van der Waals surface area contributed by atoms with E-state index in [-0.39, 0.29) is 5.91 Å². The fourth-order valence-corrected chi connectivity index (χ4v) is 2.61. The first-order valence-corrected chi connectivity index (χ1v) is 7.08. The second-order valence-corrected chi connectivity index (χ2v) is 5.48. The average molecular weight is 324 g/mol. The van der Waals surface area contributed by atoms with E-state index >= 15 is 0 Å². The Morgan fingerprint density at radius 2 is 2.05 bits per heavy atom. The maximum atomic E-state index is 12.4. The molecule has 19 heavy (non-hydrogen) atoms. The highest BCUT2D eigenvalue weighted by atomic mass is 79.9. The van der Waals surface area contributed by atoms with E-state index in [1.807, 2.05) is 17.0 Å². The number of carbonyl (C=O) groups is 1. The number of amides is 1. The fraction of sp³-hybridized carbons (Fsp3) is 0.357. The van der Waals surface area contributed by atoms with E-state index in [0.717, 1.165) is 37.2 Å². The lowest BCUT2D eigenvalue weighted by atomic mass is 10.1. The van der Waals surface area contributed by atoms with Crippen LogP contribution in [0.1, 0.15) is 10.4 Å². The van der Waals surface area contributed by atoms with Crippen LogP contribution in [-0.2, 0) is 0 Å². The number of anilines is 1. The van der Waals surface area contributed by atoms with Crippen molar-refractivity contribution < 1.29 is 4.79 Å². The van der Waals surface area contributed by atoms with Gasteiger partial charge in [0.1, 0.15) is 0 Å². The smallest absolute Gasteiger partial charge is 0.255 e. The van der Waals surface area contributed by atoms with Crippen molar-refractivity contribution in [1.82, 2.24) is 9.80 Å². The number of hydrogen-bond acceptors (Lipinski definition) is 3. The molecule has 1 heterocycles. The van der Waals surface area contributed by atoms with Crippen molar-refractivity contribution in [2.45, 2.75) is 0 Å². The molecule has 2 rings (SSSR count). The van der Waals surface area contributed by atoms with Crippen LogP contribution in [0.2, 0.25) is 0 Å². The molecule has 4 nitrogen and oxygen atoms in total. The number of hydrogen-bond donors (Lipinski definition) is 1. The van der Waals surface area contributed by atoms with Gasteiger partial charge in [0, 0.05) is 42.9 Å². The molecule has 5 heteroatoms. The molecule has 1 saturated heterocycles. The predicted octanol–water partition coefficient (Wildman–Crippen LogP) is 1.98. The molecule has 0 aliphatic carbocycles. The van der Waals surface area contributed by atoms with E-state index in [9.17, 15) is 4.79 Å². The van der Waals surface area contributed by atoms with Gasteiger partial charge in [0.2, 0.25) is 0 Å². The van der Waals surface area contributed by atoms with E-state index < -0.39 is 0 Å². The second kappa shape index (κ2) is 6.21. The minimum atomic E-state index is 0.0393. The third-order valence-corrected chi connectivity index (χ3v) is 3.96. The first-order valence-electron chi connectivity index (χ1n) is 6.29. The lowest BCUT2D eigenvalue weighted by Crippen LogP contribution is -2.48. The molecule has 1 amide bonds. The quantitative estimate of drug-likeness (QED) is 0.683. The van der Waals surface area contributed by atoms with Gasteiger partial charge in [-0.1, -0.05) is 6.08 Å². The van der Waals surface area contributed by atoms with Crippen molar-refractivity contribution in [2.75, 3.05) is 38.5 Å². The fourth-order valence-electron chi connectivity index (χ4n) is 2.19. The summed E-state index contributed by atoms with van der Waals surface area (Å²) in [5.41, 5.74) is 6.99. The van der Waals surface area contributed by atoms with E-state index in [0.29, 0.717) is 11.3 Å². The Bertz CT molecular complexity index is 482. The van der Waals surface area contributed by atoms with Gasteiger partial charge in [0.25, 0.3) is 5.91 Å². The third-order valence-electron chi connectivity index (χ3n) is 3.27. The summed E-state index contributed by atoms with van der Waals surface area (Å²) in [6, 6.07) is 5.32. The Kier molecular flexibility index (Phi) is 4.61. The summed E-state index contributed by atoms with van der Waals surface area (Å²) >= 11 is 3.41. The molecule has 0 saturated carbocycles. The maximum absolute atomic E-state index is 12.4. The first-order chi connectivity index (χ1) is 9.11. The predicted molar refractivity (Wildman–Crippen MR) is 81.1 cm³/mol. The standard InChI is InChI=1S/C14H18BrN3O/c1-2-5-17-6-8-18(9-7-17)14(19)12-10-11(16)3-4-13(12)15/h2-4,10H,1,5-9,16H2. The normalized spacial score (nSPS) is 16.4. The van der Waals surface area contributed by atoms with Gasteiger partial charge in [-0.2, -0.15) is 0 Å². The zero-order valence-electron chi connectivity index (χ0n) is 10.8. The van der Waals surface area contributed by atoms with Crippen LogP contribution in [-0.4, -0.2) is 48.4 Å². The second-order valence-electron chi connectivity index (χ2n) is 4.62. The maximum Gasteiger partial charge on any atom is 0.255 e. The van der Waals surface area contributed by atoms with Gasteiger partial charge in [-0.15, -0.1) is 6.58 Å². The molecule has 1 aliphatic rings. The van der Waals surface area contributed by atoms with Gasteiger partial charge in [-0.3, -0.25) is 9.69 Å². The number of nitrogens with two attached hydrogens (primary N) is 1. The lowest BCUT2D eigenvalue weighted by molar-refractivity contribution is 0.0649. The van der Waals surface area contributed by atoms with Gasteiger partial charge >= 0.3 is 0 Å². The highest BCUT2D eigenvalue weighted by Gasteiger charge is 2.22. The molecule has 1 aromatic carbocycles. The Labute approximate surface area is 122 Å². The van der Waals surface area contributed by atoms with E-state index in [4.69, 9.17) is 5.73 Å². The van der Waals surface area contributed by atoms with Crippen LogP contribution in [0.25, 0.3) is 0 Å². The molecule has 0 radical (unpaired) electrons. The summed E-state index contributed by atoms with van der Waals surface area (Å²) in [6.45, 7) is 7.88. The van der Waals surface area contributed by atoms with Gasteiger partial charge in [-0.25, -0.2) is 0 Å². The molecule has 1 aromatic rings. The van der Waals surface area contributed by atoms with Gasteiger partial charge in [0.15, 0.2) is 0 Å². The van der Waals surface area contributed by atoms with Crippen LogP contribution in [0.5, 0.6) is 0 Å². The Balaban J connectivity index is 2.05. The molecule has 102 valence electrons. The first kappa shape index (κ1) is 14.1. The van der Waals surface area contributed by atoms with E-state index in [2.05, 4.69) is 27.4 Å². The van der Waals surface area contributed by atoms with Crippen molar-refractivity contribution in [3.05, 3.63) is 40.9 Å². The number of benzene rings is 1. The summed E-state index contributed by atoms with van der Waals surface area (Å²) in [7, 11) is 0. The zero-order valence-corrected chi connectivity index (χ0v) is 12.4. The molecule has 0 atom stereocenters. The Hall–Kier alpha value is -1.33. The number of carbonyl (C=O) groups excluding carboxylic acids is 1. The van der Waals surface area contributed by atoms with Crippen LogP contribution in [0.3, 0.4) is 0 Å². The summed E-state index contributed by atoms with van der Waals surface area (Å²) in [4.78, 5) is 16.6. The highest BCUT2D eigenvalue weighted by molar-refractivity contribution is 9.10. The van der Waals surface area contributed by atoms with Crippen LogP contribution < -0.4 is 5.73 Å². The van der Waals surface area contributed by atoms with Gasteiger partial charge < -0.3 is 10.6 Å². The topological polar surface area (TPSA) is 49.6 Å².